The first kappa shape index (κ1) is 12.0. The van der Waals surface area contributed by atoms with Gasteiger partial charge in [-0.25, -0.2) is 4.39 Å². The van der Waals surface area contributed by atoms with Gasteiger partial charge in [-0.15, -0.1) is 0 Å². The summed E-state index contributed by atoms with van der Waals surface area (Å²) in [6.45, 7) is 4.40. The largest absolute Gasteiger partial charge is 0.382 e. The van der Waals surface area contributed by atoms with Crippen molar-refractivity contribution in [3.63, 3.8) is 0 Å². The standard InChI is InChI=1S/C15H21FN2/c1-11-7-12(16)9-14(8-11)17-13-4-6-18-5-2-3-15(18)10-13/h7-9,13,15,17H,2-6,10H2,1H3. The molecule has 2 aliphatic heterocycles. The van der Waals surface area contributed by atoms with E-state index in [9.17, 15) is 4.39 Å². The van der Waals surface area contributed by atoms with Crippen LogP contribution >= 0.6 is 0 Å². The molecule has 0 saturated carbocycles. The van der Waals surface area contributed by atoms with Crippen molar-refractivity contribution >= 4 is 5.69 Å². The average Bonchev–Trinajstić information content (AvgIpc) is 2.74. The second kappa shape index (κ2) is 4.88. The third-order valence-electron chi connectivity index (χ3n) is 4.23. The smallest absolute Gasteiger partial charge is 0.125 e. The summed E-state index contributed by atoms with van der Waals surface area (Å²) in [6, 6.07) is 6.47. The van der Waals surface area contributed by atoms with Gasteiger partial charge in [-0.05, 0) is 62.9 Å². The molecule has 2 heterocycles. The Balaban J connectivity index is 1.65. The van der Waals surface area contributed by atoms with E-state index in [1.165, 1.54) is 38.8 Å². The zero-order valence-corrected chi connectivity index (χ0v) is 11.0. The SMILES string of the molecule is Cc1cc(F)cc(NC2CCN3CCCC3C2)c1. The monoisotopic (exact) mass is 248 g/mol. The highest BCUT2D eigenvalue weighted by Gasteiger charge is 2.31. The van der Waals surface area contributed by atoms with Crippen LogP contribution in [0, 0.1) is 12.7 Å². The maximum atomic E-state index is 13.3. The fourth-order valence-corrected chi connectivity index (χ4v) is 3.41. The molecule has 2 aliphatic rings. The first-order valence-electron chi connectivity index (χ1n) is 6.98. The summed E-state index contributed by atoms with van der Waals surface area (Å²) in [5.41, 5.74) is 1.92. The summed E-state index contributed by atoms with van der Waals surface area (Å²) in [5, 5.41) is 3.51. The number of halogens is 1. The number of anilines is 1. The van der Waals surface area contributed by atoms with Crippen LogP contribution in [0.1, 0.15) is 31.2 Å². The molecule has 18 heavy (non-hydrogen) atoms. The quantitative estimate of drug-likeness (QED) is 0.864. The molecule has 1 N–H and O–H groups in total. The number of benzene rings is 1. The van der Waals surface area contributed by atoms with Gasteiger partial charge in [0.25, 0.3) is 0 Å². The Morgan fingerprint density at radius 3 is 2.94 bits per heavy atom. The number of hydrogen-bond acceptors (Lipinski definition) is 2. The van der Waals surface area contributed by atoms with Crippen molar-refractivity contribution in [2.75, 3.05) is 18.4 Å². The van der Waals surface area contributed by atoms with Gasteiger partial charge >= 0.3 is 0 Å². The van der Waals surface area contributed by atoms with Gasteiger partial charge < -0.3 is 10.2 Å². The fourth-order valence-electron chi connectivity index (χ4n) is 3.41. The predicted octanol–water partition coefficient (Wildman–Crippen LogP) is 3.17. The van der Waals surface area contributed by atoms with Gasteiger partial charge in [0.05, 0.1) is 0 Å². The van der Waals surface area contributed by atoms with E-state index in [0.717, 1.165) is 17.3 Å². The summed E-state index contributed by atoms with van der Waals surface area (Å²) >= 11 is 0. The van der Waals surface area contributed by atoms with E-state index in [1.807, 2.05) is 13.0 Å². The molecule has 0 aliphatic carbocycles. The lowest BCUT2D eigenvalue weighted by Gasteiger charge is -2.35. The van der Waals surface area contributed by atoms with Crippen LogP contribution in [0.15, 0.2) is 18.2 Å². The number of aryl methyl sites for hydroxylation is 1. The average molecular weight is 248 g/mol. The van der Waals surface area contributed by atoms with E-state index in [2.05, 4.69) is 10.2 Å². The maximum absolute atomic E-state index is 13.3. The minimum absolute atomic E-state index is 0.143. The molecule has 2 unspecified atom stereocenters. The van der Waals surface area contributed by atoms with Crippen LogP contribution in [0.3, 0.4) is 0 Å². The molecule has 98 valence electrons. The van der Waals surface area contributed by atoms with Crippen LogP contribution in [0.25, 0.3) is 0 Å². The van der Waals surface area contributed by atoms with Crippen molar-refractivity contribution in [2.45, 2.75) is 44.7 Å². The third kappa shape index (κ3) is 2.51. The molecule has 2 atom stereocenters. The van der Waals surface area contributed by atoms with Gasteiger partial charge in [0, 0.05) is 24.3 Å². The number of hydrogen-bond donors (Lipinski definition) is 1. The lowest BCUT2D eigenvalue weighted by molar-refractivity contribution is 0.188. The number of rotatable bonds is 2. The second-order valence-corrected chi connectivity index (χ2v) is 5.71. The van der Waals surface area contributed by atoms with Crippen molar-refractivity contribution in [2.24, 2.45) is 0 Å². The molecule has 0 spiro atoms. The molecule has 2 nitrogen and oxygen atoms in total. The van der Waals surface area contributed by atoms with E-state index in [0.29, 0.717) is 6.04 Å². The highest BCUT2D eigenvalue weighted by atomic mass is 19.1. The fraction of sp³-hybridized carbons (Fsp3) is 0.600. The van der Waals surface area contributed by atoms with E-state index in [-0.39, 0.29) is 5.82 Å². The molecular formula is C15H21FN2. The van der Waals surface area contributed by atoms with E-state index in [1.54, 1.807) is 12.1 Å². The molecule has 3 heteroatoms. The van der Waals surface area contributed by atoms with Crippen molar-refractivity contribution in [3.8, 4) is 0 Å². The number of fused-ring (bicyclic) bond motifs is 1. The molecule has 0 radical (unpaired) electrons. The molecular weight excluding hydrogens is 227 g/mol. The van der Waals surface area contributed by atoms with E-state index >= 15 is 0 Å². The normalized spacial score (nSPS) is 28.1. The van der Waals surface area contributed by atoms with Crippen LogP contribution in [0.4, 0.5) is 10.1 Å². The topological polar surface area (TPSA) is 15.3 Å². The van der Waals surface area contributed by atoms with E-state index < -0.39 is 0 Å². The van der Waals surface area contributed by atoms with Gasteiger partial charge in [-0.3, -0.25) is 0 Å². The molecule has 2 fully saturated rings. The Labute approximate surface area is 108 Å². The van der Waals surface area contributed by atoms with Crippen LogP contribution in [0.2, 0.25) is 0 Å². The van der Waals surface area contributed by atoms with Crippen molar-refractivity contribution in [1.29, 1.82) is 0 Å². The summed E-state index contributed by atoms with van der Waals surface area (Å²) in [6.07, 6.45) is 5.05. The molecule has 1 aromatic rings. The van der Waals surface area contributed by atoms with Crippen molar-refractivity contribution < 1.29 is 4.39 Å². The van der Waals surface area contributed by atoms with Gasteiger partial charge in [0.1, 0.15) is 5.82 Å². The number of nitrogens with one attached hydrogen (secondary N) is 1. The molecule has 3 rings (SSSR count). The minimum atomic E-state index is -0.143. The molecule has 1 aromatic carbocycles. The molecule has 2 saturated heterocycles. The lowest BCUT2D eigenvalue weighted by Crippen LogP contribution is -2.42. The van der Waals surface area contributed by atoms with Crippen molar-refractivity contribution in [1.82, 2.24) is 4.90 Å². The van der Waals surface area contributed by atoms with Crippen LogP contribution < -0.4 is 5.32 Å². The zero-order valence-electron chi connectivity index (χ0n) is 11.0. The molecule has 0 amide bonds. The van der Waals surface area contributed by atoms with Gasteiger partial charge in [-0.2, -0.15) is 0 Å². The van der Waals surface area contributed by atoms with Crippen LogP contribution in [-0.4, -0.2) is 30.1 Å². The molecule has 0 aromatic heterocycles. The maximum Gasteiger partial charge on any atom is 0.125 e. The van der Waals surface area contributed by atoms with Crippen LogP contribution in [-0.2, 0) is 0 Å². The molecule has 0 bridgehead atoms. The Hall–Kier alpha value is -1.09. The Bertz CT molecular complexity index is 412. The summed E-state index contributed by atoms with van der Waals surface area (Å²) in [7, 11) is 0. The third-order valence-corrected chi connectivity index (χ3v) is 4.23. The van der Waals surface area contributed by atoms with Crippen molar-refractivity contribution in [3.05, 3.63) is 29.6 Å². The van der Waals surface area contributed by atoms with Gasteiger partial charge in [-0.1, -0.05) is 0 Å². The Kier molecular flexibility index (Phi) is 3.25. The Morgan fingerprint density at radius 1 is 1.22 bits per heavy atom. The predicted molar refractivity (Wildman–Crippen MR) is 72.4 cm³/mol. The van der Waals surface area contributed by atoms with Gasteiger partial charge in [0.15, 0.2) is 0 Å². The number of nitrogens with zero attached hydrogens (tertiary/aromatic N) is 1. The highest BCUT2D eigenvalue weighted by Crippen LogP contribution is 2.28. The minimum Gasteiger partial charge on any atom is -0.382 e. The lowest BCUT2D eigenvalue weighted by atomic mass is 9.97. The number of piperidine rings is 1. The van der Waals surface area contributed by atoms with Gasteiger partial charge in [0.2, 0.25) is 0 Å². The summed E-state index contributed by atoms with van der Waals surface area (Å²) in [4.78, 5) is 2.61. The summed E-state index contributed by atoms with van der Waals surface area (Å²) in [5.74, 6) is -0.143. The second-order valence-electron chi connectivity index (χ2n) is 5.71. The first-order valence-corrected chi connectivity index (χ1v) is 6.98. The summed E-state index contributed by atoms with van der Waals surface area (Å²) < 4.78 is 13.3. The zero-order chi connectivity index (χ0) is 12.5. The van der Waals surface area contributed by atoms with Crippen LogP contribution in [0.5, 0.6) is 0 Å². The van der Waals surface area contributed by atoms with E-state index in [4.69, 9.17) is 0 Å². The Morgan fingerprint density at radius 2 is 2.11 bits per heavy atom. The highest BCUT2D eigenvalue weighted by molar-refractivity contribution is 5.46. The first-order chi connectivity index (χ1) is 8.70.